The van der Waals surface area contributed by atoms with Crippen molar-refractivity contribution in [3.05, 3.63) is 23.8 Å². The third-order valence-corrected chi connectivity index (χ3v) is 4.53. The Hall–Kier alpha value is -1.75. The van der Waals surface area contributed by atoms with Gasteiger partial charge in [-0.2, -0.15) is 0 Å². The SMILES string of the molecule is Cc1cc(N2CCCCC2C)ccc1NC(=O)N[C@H](C)CCO. The molecule has 1 saturated heterocycles. The summed E-state index contributed by atoms with van der Waals surface area (Å²) in [6.45, 7) is 7.35. The molecule has 0 bridgehead atoms. The van der Waals surface area contributed by atoms with Crippen molar-refractivity contribution < 1.29 is 9.90 Å². The molecule has 1 unspecified atom stereocenters. The van der Waals surface area contributed by atoms with Crippen molar-refractivity contribution in [1.82, 2.24) is 5.32 Å². The van der Waals surface area contributed by atoms with Crippen molar-refractivity contribution >= 4 is 17.4 Å². The van der Waals surface area contributed by atoms with Crippen LogP contribution >= 0.6 is 0 Å². The number of aryl methyl sites for hydroxylation is 1. The summed E-state index contributed by atoms with van der Waals surface area (Å²) in [6.07, 6.45) is 4.35. The highest BCUT2D eigenvalue weighted by Gasteiger charge is 2.19. The van der Waals surface area contributed by atoms with E-state index in [1.807, 2.05) is 19.9 Å². The lowest BCUT2D eigenvalue weighted by molar-refractivity contribution is 0.241. The number of amides is 2. The highest BCUT2D eigenvalue weighted by atomic mass is 16.3. The number of aliphatic hydroxyl groups is 1. The lowest BCUT2D eigenvalue weighted by Crippen LogP contribution is -2.37. The molecule has 5 nitrogen and oxygen atoms in total. The number of nitrogens with one attached hydrogen (secondary N) is 2. The molecule has 1 aliphatic heterocycles. The van der Waals surface area contributed by atoms with E-state index in [1.165, 1.54) is 24.9 Å². The standard InChI is InChI=1S/C18H29N3O2/c1-13-12-16(21-10-5-4-6-15(21)3)7-8-17(13)20-18(23)19-14(2)9-11-22/h7-8,12,14-15,22H,4-6,9-11H2,1-3H3,(H2,19,20,23)/t14-,15?/m1/s1. The van der Waals surface area contributed by atoms with Crippen molar-refractivity contribution in [1.29, 1.82) is 0 Å². The third kappa shape index (κ3) is 4.86. The Morgan fingerprint density at radius 1 is 1.43 bits per heavy atom. The smallest absolute Gasteiger partial charge is 0.319 e. The average Bonchev–Trinajstić information content (AvgIpc) is 2.50. The minimum atomic E-state index is -0.229. The first-order chi connectivity index (χ1) is 11.0. The second-order valence-electron chi connectivity index (χ2n) is 6.55. The molecule has 0 spiro atoms. The zero-order valence-electron chi connectivity index (χ0n) is 14.4. The van der Waals surface area contributed by atoms with Gasteiger partial charge in [0, 0.05) is 36.6 Å². The summed E-state index contributed by atoms with van der Waals surface area (Å²) in [7, 11) is 0. The van der Waals surface area contributed by atoms with Gasteiger partial charge in [0.1, 0.15) is 0 Å². The maximum atomic E-state index is 12.0. The van der Waals surface area contributed by atoms with E-state index in [0.29, 0.717) is 12.5 Å². The van der Waals surface area contributed by atoms with Gasteiger partial charge in [0.15, 0.2) is 0 Å². The van der Waals surface area contributed by atoms with Gasteiger partial charge in [-0.3, -0.25) is 0 Å². The van der Waals surface area contributed by atoms with Crippen LogP contribution in [0.3, 0.4) is 0 Å². The molecule has 1 aromatic rings. The third-order valence-electron chi connectivity index (χ3n) is 4.53. The highest BCUT2D eigenvalue weighted by Crippen LogP contribution is 2.28. The quantitative estimate of drug-likeness (QED) is 0.780. The molecule has 2 atom stereocenters. The molecular formula is C18H29N3O2. The second kappa shape index (κ2) is 8.20. The Morgan fingerprint density at radius 2 is 2.22 bits per heavy atom. The average molecular weight is 319 g/mol. The number of rotatable bonds is 5. The van der Waals surface area contributed by atoms with E-state index in [-0.39, 0.29) is 18.7 Å². The van der Waals surface area contributed by atoms with Gasteiger partial charge in [0.2, 0.25) is 0 Å². The normalized spacial score (nSPS) is 19.3. The van der Waals surface area contributed by atoms with Crippen LogP contribution in [0.2, 0.25) is 0 Å². The van der Waals surface area contributed by atoms with E-state index in [1.54, 1.807) is 0 Å². The van der Waals surface area contributed by atoms with Crippen molar-refractivity contribution in [2.45, 2.75) is 58.5 Å². The van der Waals surface area contributed by atoms with E-state index in [0.717, 1.165) is 17.8 Å². The van der Waals surface area contributed by atoms with Crippen LogP contribution in [0.15, 0.2) is 18.2 Å². The van der Waals surface area contributed by atoms with Crippen LogP contribution in [0, 0.1) is 6.92 Å². The molecule has 2 amide bonds. The van der Waals surface area contributed by atoms with Crippen molar-refractivity contribution in [2.24, 2.45) is 0 Å². The first kappa shape index (κ1) is 17.6. The molecule has 3 N–H and O–H groups in total. The lowest BCUT2D eigenvalue weighted by atomic mass is 10.0. The number of benzene rings is 1. The summed E-state index contributed by atoms with van der Waals surface area (Å²) >= 11 is 0. The largest absolute Gasteiger partial charge is 0.396 e. The summed E-state index contributed by atoms with van der Waals surface area (Å²) < 4.78 is 0. The Morgan fingerprint density at radius 3 is 2.87 bits per heavy atom. The molecule has 1 fully saturated rings. The Bertz CT molecular complexity index is 533. The maximum Gasteiger partial charge on any atom is 0.319 e. The fourth-order valence-electron chi connectivity index (χ4n) is 3.10. The van der Waals surface area contributed by atoms with Gasteiger partial charge in [-0.15, -0.1) is 0 Å². The first-order valence-corrected chi connectivity index (χ1v) is 8.57. The molecule has 0 radical (unpaired) electrons. The second-order valence-corrected chi connectivity index (χ2v) is 6.55. The topological polar surface area (TPSA) is 64.6 Å². The molecule has 128 valence electrons. The van der Waals surface area contributed by atoms with Gasteiger partial charge >= 0.3 is 6.03 Å². The van der Waals surface area contributed by atoms with Gasteiger partial charge in [-0.1, -0.05) is 0 Å². The number of carbonyl (C=O) groups is 1. The Balaban J connectivity index is 2.00. The molecule has 0 aliphatic carbocycles. The van der Waals surface area contributed by atoms with E-state index in [9.17, 15) is 4.79 Å². The van der Waals surface area contributed by atoms with Crippen LogP contribution in [-0.2, 0) is 0 Å². The maximum absolute atomic E-state index is 12.0. The predicted molar refractivity (Wildman–Crippen MR) is 95.2 cm³/mol. The Kier molecular flexibility index (Phi) is 6.28. The summed E-state index contributed by atoms with van der Waals surface area (Å²) in [6, 6.07) is 6.50. The number of hydrogen-bond donors (Lipinski definition) is 3. The van der Waals surface area contributed by atoms with Gasteiger partial charge in [0.05, 0.1) is 0 Å². The number of anilines is 2. The molecule has 1 aromatic carbocycles. The molecule has 0 aromatic heterocycles. The van der Waals surface area contributed by atoms with E-state index >= 15 is 0 Å². The molecule has 0 saturated carbocycles. The summed E-state index contributed by atoms with van der Waals surface area (Å²) in [5, 5.41) is 14.6. The number of piperidine rings is 1. The van der Waals surface area contributed by atoms with Crippen LogP contribution in [0.1, 0.15) is 45.1 Å². The molecule has 23 heavy (non-hydrogen) atoms. The highest BCUT2D eigenvalue weighted by molar-refractivity contribution is 5.90. The summed E-state index contributed by atoms with van der Waals surface area (Å²) in [5.41, 5.74) is 3.12. The zero-order valence-corrected chi connectivity index (χ0v) is 14.4. The molecule has 1 heterocycles. The summed E-state index contributed by atoms with van der Waals surface area (Å²) in [5.74, 6) is 0. The van der Waals surface area contributed by atoms with Gasteiger partial charge in [-0.05, 0) is 70.2 Å². The van der Waals surface area contributed by atoms with Gasteiger partial charge in [-0.25, -0.2) is 4.79 Å². The summed E-state index contributed by atoms with van der Waals surface area (Å²) in [4.78, 5) is 14.4. The van der Waals surface area contributed by atoms with Crippen molar-refractivity contribution in [3.8, 4) is 0 Å². The van der Waals surface area contributed by atoms with E-state index in [2.05, 4.69) is 34.6 Å². The lowest BCUT2D eigenvalue weighted by Gasteiger charge is -2.35. The van der Waals surface area contributed by atoms with Crippen LogP contribution in [-0.4, -0.2) is 36.4 Å². The van der Waals surface area contributed by atoms with Crippen LogP contribution < -0.4 is 15.5 Å². The number of aliphatic hydroxyl groups excluding tert-OH is 1. The van der Waals surface area contributed by atoms with Gasteiger partial charge in [0.25, 0.3) is 0 Å². The number of carbonyl (C=O) groups excluding carboxylic acids is 1. The van der Waals surface area contributed by atoms with E-state index in [4.69, 9.17) is 5.11 Å². The number of urea groups is 1. The zero-order chi connectivity index (χ0) is 16.8. The van der Waals surface area contributed by atoms with Crippen molar-refractivity contribution in [2.75, 3.05) is 23.4 Å². The fraction of sp³-hybridized carbons (Fsp3) is 0.611. The van der Waals surface area contributed by atoms with Crippen LogP contribution in [0.5, 0.6) is 0 Å². The monoisotopic (exact) mass is 319 g/mol. The first-order valence-electron chi connectivity index (χ1n) is 8.57. The fourth-order valence-corrected chi connectivity index (χ4v) is 3.10. The van der Waals surface area contributed by atoms with Gasteiger partial charge < -0.3 is 20.6 Å². The Labute approximate surface area is 139 Å². The number of hydrogen-bond acceptors (Lipinski definition) is 3. The van der Waals surface area contributed by atoms with E-state index < -0.39 is 0 Å². The minimum Gasteiger partial charge on any atom is -0.396 e. The van der Waals surface area contributed by atoms with Crippen LogP contribution in [0.4, 0.5) is 16.2 Å². The number of nitrogens with zero attached hydrogens (tertiary/aromatic N) is 1. The van der Waals surface area contributed by atoms with Crippen molar-refractivity contribution in [3.63, 3.8) is 0 Å². The molecule has 2 rings (SSSR count). The molecule has 1 aliphatic rings. The minimum absolute atomic E-state index is 0.0474. The molecule has 5 heteroatoms. The molecular weight excluding hydrogens is 290 g/mol. The van der Waals surface area contributed by atoms with Crippen LogP contribution in [0.25, 0.3) is 0 Å². The predicted octanol–water partition coefficient (Wildman–Crippen LogP) is 3.27.